The van der Waals surface area contributed by atoms with Crippen LogP contribution in [0.15, 0.2) is 46.5 Å². The summed E-state index contributed by atoms with van der Waals surface area (Å²) in [6, 6.07) is 9.93. The Kier molecular flexibility index (Phi) is 5.99. The highest BCUT2D eigenvalue weighted by Crippen LogP contribution is 2.33. The number of carbonyl (C=O) groups is 1. The van der Waals surface area contributed by atoms with Crippen LogP contribution in [-0.2, 0) is 13.0 Å². The Hall–Kier alpha value is -2.22. The molecule has 0 saturated carbocycles. The number of pyridine rings is 1. The summed E-state index contributed by atoms with van der Waals surface area (Å²) in [5.74, 6) is -0.163. The number of hydrogen-bond donors (Lipinski definition) is 1. The summed E-state index contributed by atoms with van der Waals surface area (Å²) in [6.07, 6.45) is 2.67. The first-order valence-corrected chi connectivity index (χ1v) is 11.4. The van der Waals surface area contributed by atoms with Crippen LogP contribution < -0.4 is 5.32 Å². The van der Waals surface area contributed by atoms with Crippen molar-refractivity contribution < 1.29 is 4.79 Å². The van der Waals surface area contributed by atoms with Crippen molar-refractivity contribution in [2.45, 2.75) is 43.7 Å². The molecule has 0 radical (unpaired) electrons. The van der Waals surface area contributed by atoms with Crippen LogP contribution in [0.4, 0.5) is 5.13 Å². The molecule has 150 valence electrons. The summed E-state index contributed by atoms with van der Waals surface area (Å²) >= 11 is 3.10. The second-order valence-corrected chi connectivity index (χ2v) is 9.30. The van der Waals surface area contributed by atoms with E-state index >= 15 is 0 Å². The molecule has 1 N–H and O–H groups in total. The van der Waals surface area contributed by atoms with Gasteiger partial charge in [-0.3, -0.25) is 15.0 Å². The van der Waals surface area contributed by atoms with Crippen LogP contribution in [0.3, 0.4) is 0 Å². The van der Waals surface area contributed by atoms with Crippen molar-refractivity contribution in [2.24, 2.45) is 0 Å². The molecule has 1 amide bonds. The number of hydrogen-bond acceptors (Lipinski definition) is 6. The topological polar surface area (TPSA) is 58.1 Å². The molecule has 4 rings (SSSR count). The molecular formula is C22H24N4OS2. The fraction of sp³-hybridized carbons (Fsp3) is 0.318. The van der Waals surface area contributed by atoms with Crippen molar-refractivity contribution in [3.63, 3.8) is 0 Å². The van der Waals surface area contributed by atoms with Crippen molar-refractivity contribution in [3.05, 3.63) is 63.8 Å². The number of anilines is 1. The average Bonchev–Trinajstić information content (AvgIpc) is 3.11. The zero-order valence-corrected chi connectivity index (χ0v) is 18.5. The molecule has 0 saturated heterocycles. The maximum absolute atomic E-state index is 13.0. The Balaban J connectivity index is 1.53. The minimum absolute atomic E-state index is 0.163. The van der Waals surface area contributed by atoms with Gasteiger partial charge in [0.2, 0.25) is 0 Å². The van der Waals surface area contributed by atoms with Gasteiger partial charge >= 0.3 is 0 Å². The van der Waals surface area contributed by atoms with Crippen molar-refractivity contribution in [1.82, 2.24) is 14.9 Å². The number of nitrogens with one attached hydrogen (secondary N) is 1. The molecule has 0 fully saturated rings. The van der Waals surface area contributed by atoms with Crippen LogP contribution in [0.1, 0.15) is 39.0 Å². The maximum atomic E-state index is 13.0. The molecule has 0 atom stereocenters. The third-order valence-corrected chi connectivity index (χ3v) is 7.23. The highest BCUT2D eigenvalue weighted by Gasteiger charge is 2.21. The van der Waals surface area contributed by atoms with Crippen molar-refractivity contribution in [1.29, 1.82) is 0 Å². The molecule has 2 aromatic heterocycles. The van der Waals surface area contributed by atoms with E-state index in [2.05, 4.69) is 59.2 Å². The van der Waals surface area contributed by atoms with E-state index < -0.39 is 0 Å². The molecule has 0 bridgehead atoms. The van der Waals surface area contributed by atoms with Crippen molar-refractivity contribution in [3.8, 4) is 0 Å². The van der Waals surface area contributed by atoms with Crippen LogP contribution in [0.5, 0.6) is 0 Å². The SMILES string of the molecule is CCN1CCc2nc(NC(=O)c3cccnc3Sc3ccc(C)cc3C)sc2C1. The number of amides is 1. The number of nitrogens with zero attached hydrogens (tertiary/aromatic N) is 3. The predicted molar refractivity (Wildman–Crippen MR) is 119 cm³/mol. The van der Waals surface area contributed by atoms with E-state index in [-0.39, 0.29) is 5.91 Å². The normalized spacial score (nSPS) is 13.9. The minimum atomic E-state index is -0.163. The molecule has 3 heterocycles. The highest BCUT2D eigenvalue weighted by molar-refractivity contribution is 7.99. The summed E-state index contributed by atoms with van der Waals surface area (Å²) in [4.78, 5) is 26.9. The zero-order chi connectivity index (χ0) is 20.4. The van der Waals surface area contributed by atoms with E-state index in [0.29, 0.717) is 15.7 Å². The van der Waals surface area contributed by atoms with Gasteiger partial charge < -0.3 is 0 Å². The van der Waals surface area contributed by atoms with E-state index in [9.17, 15) is 4.79 Å². The molecule has 29 heavy (non-hydrogen) atoms. The van der Waals surface area contributed by atoms with Crippen LogP contribution in [0.25, 0.3) is 0 Å². The van der Waals surface area contributed by atoms with Gasteiger partial charge in [0.05, 0.1) is 11.3 Å². The number of thiazole rings is 1. The Morgan fingerprint density at radius 2 is 2.17 bits per heavy atom. The second-order valence-electron chi connectivity index (χ2n) is 7.19. The summed E-state index contributed by atoms with van der Waals surface area (Å²) in [7, 11) is 0. The molecule has 0 spiro atoms. The third-order valence-electron chi connectivity index (χ3n) is 5.03. The van der Waals surface area contributed by atoms with Crippen molar-refractivity contribution >= 4 is 34.1 Å². The Morgan fingerprint density at radius 1 is 1.31 bits per heavy atom. The Bertz CT molecular complexity index is 1050. The Labute approximate surface area is 179 Å². The fourth-order valence-electron chi connectivity index (χ4n) is 3.40. The minimum Gasteiger partial charge on any atom is -0.298 e. The quantitative estimate of drug-likeness (QED) is 0.629. The van der Waals surface area contributed by atoms with Crippen molar-refractivity contribution in [2.75, 3.05) is 18.4 Å². The van der Waals surface area contributed by atoms with Gasteiger partial charge in [-0.1, -0.05) is 36.4 Å². The molecule has 0 aliphatic carbocycles. The van der Waals surface area contributed by atoms with Gasteiger partial charge in [0, 0.05) is 35.5 Å². The lowest BCUT2D eigenvalue weighted by atomic mass is 10.2. The molecule has 5 nitrogen and oxygen atoms in total. The summed E-state index contributed by atoms with van der Waals surface area (Å²) in [5, 5.41) is 4.37. The number of carbonyl (C=O) groups excluding carboxylic acids is 1. The lowest BCUT2D eigenvalue weighted by Gasteiger charge is -2.23. The lowest BCUT2D eigenvalue weighted by molar-refractivity contribution is 0.102. The van der Waals surface area contributed by atoms with E-state index in [0.717, 1.165) is 36.6 Å². The first-order valence-electron chi connectivity index (χ1n) is 9.76. The number of aromatic nitrogens is 2. The molecule has 7 heteroatoms. The summed E-state index contributed by atoms with van der Waals surface area (Å²) in [5.41, 5.74) is 4.09. The van der Waals surface area contributed by atoms with Crippen LogP contribution in [-0.4, -0.2) is 33.9 Å². The number of fused-ring (bicyclic) bond motifs is 1. The lowest BCUT2D eigenvalue weighted by Crippen LogP contribution is -2.29. The monoisotopic (exact) mass is 424 g/mol. The smallest absolute Gasteiger partial charge is 0.260 e. The first-order chi connectivity index (χ1) is 14.0. The zero-order valence-electron chi connectivity index (χ0n) is 16.9. The molecule has 3 aromatic rings. The van der Waals surface area contributed by atoms with E-state index in [1.807, 2.05) is 6.07 Å². The molecule has 1 aliphatic heterocycles. The molecular weight excluding hydrogens is 400 g/mol. The molecule has 1 aromatic carbocycles. The van der Waals surface area contributed by atoms with Crippen LogP contribution in [0, 0.1) is 13.8 Å². The van der Waals surface area contributed by atoms with Crippen LogP contribution in [0.2, 0.25) is 0 Å². The predicted octanol–water partition coefficient (Wildman–Crippen LogP) is 4.94. The molecule has 0 unspecified atom stereocenters. The number of rotatable bonds is 5. The van der Waals surface area contributed by atoms with E-state index in [1.165, 1.54) is 27.8 Å². The van der Waals surface area contributed by atoms with Gasteiger partial charge in [0.25, 0.3) is 5.91 Å². The number of aryl methyl sites for hydroxylation is 2. The van der Waals surface area contributed by atoms with Gasteiger partial charge in [-0.05, 0) is 44.2 Å². The van der Waals surface area contributed by atoms with Gasteiger partial charge in [-0.25, -0.2) is 9.97 Å². The number of likely N-dealkylation sites (N-methyl/N-ethyl adjacent to an activating group) is 1. The number of benzene rings is 1. The standard InChI is InChI=1S/C22H24N4OS2/c1-4-26-11-9-17-19(13-26)29-22(24-17)25-20(27)16-6-5-10-23-21(16)28-18-8-7-14(2)12-15(18)3/h5-8,10,12H,4,9,11,13H2,1-3H3,(H,24,25,27). The largest absolute Gasteiger partial charge is 0.298 e. The third kappa shape index (κ3) is 4.52. The van der Waals surface area contributed by atoms with E-state index in [1.54, 1.807) is 23.6 Å². The second kappa shape index (κ2) is 8.65. The first kappa shape index (κ1) is 20.1. The fourth-order valence-corrected chi connectivity index (χ4v) is 5.39. The maximum Gasteiger partial charge on any atom is 0.260 e. The van der Waals surface area contributed by atoms with Gasteiger partial charge in [-0.2, -0.15) is 0 Å². The summed E-state index contributed by atoms with van der Waals surface area (Å²) < 4.78 is 0. The van der Waals surface area contributed by atoms with Gasteiger partial charge in [0.1, 0.15) is 5.03 Å². The van der Waals surface area contributed by atoms with E-state index in [4.69, 9.17) is 0 Å². The van der Waals surface area contributed by atoms with Crippen LogP contribution >= 0.6 is 23.1 Å². The molecule has 1 aliphatic rings. The van der Waals surface area contributed by atoms with Gasteiger partial charge in [-0.15, -0.1) is 11.3 Å². The average molecular weight is 425 g/mol. The Morgan fingerprint density at radius 3 is 2.97 bits per heavy atom. The van der Waals surface area contributed by atoms with Gasteiger partial charge in [0.15, 0.2) is 5.13 Å². The highest BCUT2D eigenvalue weighted by atomic mass is 32.2. The summed E-state index contributed by atoms with van der Waals surface area (Å²) in [6.45, 7) is 9.31.